The van der Waals surface area contributed by atoms with Gasteiger partial charge in [-0.1, -0.05) is 414 Å². The van der Waals surface area contributed by atoms with Crippen molar-refractivity contribution in [2.75, 3.05) is 47.5 Å². The lowest BCUT2D eigenvalue weighted by atomic mass is 10.0. The van der Waals surface area contributed by atoms with Crippen molar-refractivity contribution in [2.24, 2.45) is 0 Å². The van der Waals surface area contributed by atoms with Gasteiger partial charge in [-0.25, -0.2) is 0 Å². The first-order valence-corrected chi connectivity index (χ1v) is 43.6. The summed E-state index contributed by atoms with van der Waals surface area (Å²) in [5, 5.41) is 0. The summed E-state index contributed by atoms with van der Waals surface area (Å²) in [6, 6.07) is 0. The number of carbonyl (C=O) groups excluding carboxylic acids is 2. The van der Waals surface area contributed by atoms with E-state index in [1.807, 2.05) is 21.1 Å². The maximum absolute atomic E-state index is 12.9. The van der Waals surface area contributed by atoms with E-state index < -0.39 is 26.5 Å². The van der Waals surface area contributed by atoms with Gasteiger partial charge >= 0.3 is 11.9 Å². The molecule has 0 heterocycles. The van der Waals surface area contributed by atoms with Gasteiger partial charge in [0.25, 0.3) is 7.82 Å². The third kappa shape index (κ3) is 82.3. The molecule has 0 aromatic rings. The fraction of sp³-hybridized carbons (Fsp3) is 0.839. The van der Waals surface area contributed by atoms with Gasteiger partial charge in [0, 0.05) is 12.8 Å². The average molecular weight is 1380 g/mol. The van der Waals surface area contributed by atoms with Crippen LogP contribution < -0.4 is 4.89 Å². The van der Waals surface area contributed by atoms with Crippen molar-refractivity contribution in [1.82, 2.24) is 0 Å². The SMILES string of the molecule is CC/C=C\C/C=C\C/C=C\C/C=C\C/C=C\C/C=C\CCCCCCCCCCCCCCCCC(=O)OC(COC(=O)CCCCCCCCCCCCCCCCCCCCCCCCCCCCCCCCCCCCCCCCCC)COP(=O)([O-])OCC[N+](C)(C)C. The van der Waals surface area contributed by atoms with E-state index >= 15 is 0 Å². The van der Waals surface area contributed by atoms with Crippen molar-refractivity contribution in [3.63, 3.8) is 0 Å². The first-order valence-electron chi connectivity index (χ1n) is 42.1. The Bertz CT molecular complexity index is 1870. The Morgan fingerprint density at radius 2 is 0.588 bits per heavy atom. The normalized spacial score (nSPS) is 13.3. The van der Waals surface area contributed by atoms with Crippen molar-refractivity contribution in [1.29, 1.82) is 0 Å². The van der Waals surface area contributed by atoms with Gasteiger partial charge in [-0.15, -0.1) is 0 Å². The van der Waals surface area contributed by atoms with E-state index in [2.05, 4.69) is 86.8 Å². The largest absolute Gasteiger partial charge is 0.756 e. The van der Waals surface area contributed by atoms with Crippen LogP contribution in [-0.2, 0) is 32.7 Å². The maximum atomic E-state index is 12.9. The molecule has 0 aliphatic carbocycles. The molecule has 2 atom stereocenters. The molecule has 0 aromatic carbocycles. The van der Waals surface area contributed by atoms with Crippen LogP contribution in [0.1, 0.15) is 418 Å². The summed E-state index contributed by atoms with van der Waals surface area (Å²) in [5.74, 6) is -0.815. The lowest BCUT2D eigenvalue weighted by Crippen LogP contribution is -2.37. The van der Waals surface area contributed by atoms with Crippen LogP contribution in [0.4, 0.5) is 0 Å². The standard InChI is InChI=1S/C87H162NO8P/c1-6-8-10-12-14-16-18-20-22-24-26-28-30-32-34-36-38-40-41-42-43-44-45-46-48-49-51-53-55-57-59-61-63-65-67-69-71-73-75-77-79-86(89)93-83-85(84-95-97(91,92)94-82-81-88(3,4)5)96-87(90)80-78-76-74-72-70-68-66-64-62-60-58-56-54-52-50-47-39-37-35-33-31-29-27-25-23-21-19-17-15-13-11-9-7-2/h9,11,15,17,21,23,27,29,33,35,39,47,85H,6-8,10,12-14,16,18-20,22,24-26,28,30-32,34,36-38,40-46,48-84H2,1-5H3/b11-9-,17-15-,23-21-,29-27-,35-33-,47-39-. The summed E-state index contributed by atoms with van der Waals surface area (Å²) in [6.07, 6.45) is 106. The lowest BCUT2D eigenvalue weighted by Gasteiger charge is -2.28. The molecular weight excluding hydrogens is 1220 g/mol. The molecule has 0 aliphatic heterocycles. The molecule has 0 rings (SSSR count). The minimum absolute atomic E-state index is 0.0305. The molecule has 97 heavy (non-hydrogen) atoms. The van der Waals surface area contributed by atoms with Gasteiger partial charge in [-0.2, -0.15) is 0 Å². The number of rotatable bonds is 79. The summed E-state index contributed by atoms with van der Waals surface area (Å²) in [7, 11) is 1.18. The van der Waals surface area contributed by atoms with Crippen LogP contribution in [0.15, 0.2) is 72.9 Å². The number of hydrogen-bond acceptors (Lipinski definition) is 8. The predicted octanol–water partition coefficient (Wildman–Crippen LogP) is 27.6. The van der Waals surface area contributed by atoms with Crippen molar-refractivity contribution in [2.45, 2.75) is 424 Å². The van der Waals surface area contributed by atoms with Crippen LogP contribution in [-0.4, -0.2) is 70.0 Å². The van der Waals surface area contributed by atoms with Crippen molar-refractivity contribution >= 4 is 19.8 Å². The van der Waals surface area contributed by atoms with Crippen molar-refractivity contribution in [3.8, 4) is 0 Å². The predicted molar refractivity (Wildman–Crippen MR) is 420 cm³/mol. The molecule has 0 radical (unpaired) electrons. The first-order chi connectivity index (χ1) is 47.5. The number of carbonyl (C=O) groups is 2. The van der Waals surface area contributed by atoms with E-state index in [1.165, 1.54) is 308 Å². The second kappa shape index (κ2) is 77.6. The Morgan fingerprint density at radius 1 is 0.330 bits per heavy atom. The molecule has 2 unspecified atom stereocenters. The van der Waals surface area contributed by atoms with E-state index in [1.54, 1.807) is 0 Å². The fourth-order valence-corrected chi connectivity index (χ4v) is 13.3. The number of phosphoric acid groups is 1. The molecule has 0 spiro atoms. The number of esters is 2. The minimum Gasteiger partial charge on any atom is -0.756 e. The zero-order valence-electron chi connectivity index (χ0n) is 65.0. The van der Waals surface area contributed by atoms with Crippen LogP contribution in [0.25, 0.3) is 0 Å². The van der Waals surface area contributed by atoms with Gasteiger partial charge in [0.2, 0.25) is 0 Å². The number of phosphoric ester groups is 1. The molecule has 0 amide bonds. The Kier molecular flexibility index (Phi) is 75.6. The van der Waals surface area contributed by atoms with E-state index in [-0.39, 0.29) is 32.0 Å². The smallest absolute Gasteiger partial charge is 0.306 e. The number of quaternary nitrogens is 1. The van der Waals surface area contributed by atoms with Crippen LogP contribution in [0.2, 0.25) is 0 Å². The quantitative estimate of drug-likeness (QED) is 0.0195. The highest BCUT2D eigenvalue weighted by Gasteiger charge is 2.22. The van der Waals surface area contributed by atoms with Gasteiger partial charge in [-0.05, 0) is 64.2 Å². The van der Waals surface area contributed by atoms with Gasteiger partial charge in [-0.3, -0.25) is 14.2 Å². The molecule has 0 saturated heterocycles. The number of nitrogens with zero attached hydrogens (tertiary/aromatic N) is 1. The van der Waals surface area contributed by atoms with Crippen LogP contribution in [0.5, 0.6) is 0 Å². The number of allylic oxidation sites excluding steroid dienone is 12. The number of likely N-dealkylation sites (N-methyl/N-ethyl adjacent to an activating group) is 1. The number of ether oxygens (including phenoxy) is 2. The van der Waals surface area contributed by atoms with Gasteiger partial charge < -0.3 is 27.9 Å². The van der Waals surface area contributed by atoms with Crippen LogP contribution >= 0.6 is 7.82 Å². The molecule has 0 bridgehead atoms. The second-order valence-corrected chi connectivity index (χ2v) is 31.2. The third-order valence-corrected chi connectivity index (χ3v) is 20.0. The van der Waals surface area contributed by atoms with Gasteiger partial charge in [0.05, 0.1) is 27.7 Å². The van der Waals surface area contributed by atoms with E-state index in [4.69, 9.17) is 18.5 Å². The third-order valence-electron chi connectivity index (χ3n) is 19.0. The molecule has 0 saturated carbocycles. The number of hydrogen-bond donors (Lipinski definition) is 0. The zero-order valence-corrected chi connectivity index (χ0v) is 65.9. The fourth-order valence-electron chi connectivity index (χ4n) is 12.6. The van der Waals surface area contributed by atoms with Crippen LogP contribution in [0, 0.1) is 0 Å². The highest BCUT2D eigenvalue weighted by atomic mass is 31.2. The van der Waals surface area contributed by atoms with Gasteiger partial charge in [0.15, 0.2) is 6.10 Å². The second-order valence-electron chi connectivity index (χ2n) is 29.8. The minimum atomic E-state index is -4.65. The Morgan fingerprint density at radius 3 is 0.876 bits per heavy atom. The Labute approximate surface area is 603 Å². The molecule has 0 aromatic heterocycles. The molecule has 0 aliphatic rings. The molecule has 0 N–H and O–H groups in total. The highest BCUT2D eigenvalue weighted by Crippen LogP contribution is 2.38. The van der Waals surface area contributed by atoms with Crippen molar-refractivity contribution in [3.05, 3.63) is 72.9 Å². The Hall–Kier alpha value is -2.55. The van der Waals surface area contributed by atoms with Crippen molar-refractivity contribution < 1.29 is 42.1 Å². The average Bonchev–Trinajstić information content (AvgIpc) is 1.58. The molecule has 568 valence electrons. The summed E-state index contributed by atoms with van der Waals surface area (Å²) < 4.78 is 34.4. The zero-order chi connectivity index (χ0) is 70.4. The first kappa shape index (κ1) is 94.5. The van der Waals surface area contributed by atoms with E-state index in [9.17, 15) is 19.0 Å². The van der Waals surface area contributed by atoms with Crippen LogP contribution in [0.3, 0.4) is 0 Å². The molecular formula is C87H162NO8P. The highest BCUT2D eigenvalue weighted by molar-refractivity contribution is 7.45. The topological polar surface area (TPSA) is 111 Å². The lowest BCUT2D eigenvalue weighted by molar-refractivity contribution is -0.870. The monoisotopic (exact) mass is 1380 g/mol. The summed E-state index contributed by atoms with van der Waals surface area (Å²) in [4.78, 5) is 38.2. The molecule has 9 nitrogen and oxygen atoms in total. The Balaban J connectivity index is 3.89. The van der Waals surface area contributed by atoms with Gasteiger partial charge in [0.1, 0.15) is 19.8 Å². The maximum Gasteiger partial charge on any atom is 0.306 e. The van der Waals surface area contributed by atoms with E-state index in [0.717, 1.165) is 77.0 Å². The summed E-state index contributed by atoms with van der Waals surface area (Å²) >= 11 is 0. The molecule has 0 fully saturated rings. The van der Waals surface area contributed by atoms with E-state index in [0.29, 0.717) is 17.4 Å². The number of unbranched alkanes of at least 4 members (excludes halogenated alkanes) is 53. The molecule has 10 heteroatoms. The summed E-state index contributed by atoms with van der Waals surface area (Å²) in [5.41, 5.74) is 0. The summed E-state index contributed by atoms with van der Waals surface area (Å²) in [6.45, 7) is 4.19.